The number of fused-ring (bicyclic) bond motifs is 1. The van der Waals surface area contributed by atoms with Gasteiger partial charge in [-0.25, -0.2) is 14.4 Å². The van der Waals surface area contributed by atoms with E-state index in [1.54, 1.807) is 6.07 Å². The van der Waals surface area contributed by atoms with Crippen molar-refractivity contribution in [3.63, 3.8) is 0 Å². The molecule has 1 aromatic carbocycles. The van der Waals surface area contributed by atoms with Gasteiger partial charge in [-0.1, -0.05) is 11.6 Å². The monoisotopic (exact) mass is 300 g/mol. The molecule has 1 aliphatic rings. The zero-order chi connectivity index (χ0) is 11.3. The molecule has 1 aliphatic carbocycles. The Balaban J connectivity index is 2.32. The zero-order valence-electron chi connectivity index (χ0n) is 8.17. The first-order chi connectivity index (χ1) is 7.65. The maximum Gasteiger partial charge on any atom is 0.151 e. The summed E-state index contributed by atoms with van der Waals surface area (Å²) in [6, 6.07) is 2.95. The lowest BCUT2D eigenvalue weighted by Crippen LogP contribution is -1.96. The Kier molecular flexibility index (Phi) is 2.37. The molecule has 0 spiro atoms. The average molecular weight is 302 g/mol. The van der Waals surface area contributed by atoms with Crippen LogP contribution in [0.2, 0.25) is 5.02 Å². The number of aromatic nitrogens is 2. The highest BCUT2D eigenvalue weighted by molar-refractivity contribution is 9.10. The molecule has 0 N–H and O–H groups in total. The first kappa shape index (κ1) is 10.4. The number of halogens is 3. The highest BCUT2D eigenvalue weighted by Gasteiger charge is 2.27. The van der Waals surface area contributed by atoms with Crippen LogP contribution in [-0.4, -0.2) is 9.97 Å². The third-order valence-corrected chi connectivity index (χ3v) is 3.45. The molecule has 0 amide bonds. The Labute approximate surface area is 105 Å². The zero-order valence-corrected chi connectivity index (χ0v) is 10.5. The molecule has 1 aromatic heterocycles. The minimum Gasteiger partial charge on any atom is -0.229 e. The molecule has 0 aliphatic heterocycles. The normalized spacial score (nSPS) is 15.7. The molecule has 16 heavy (non-hydrogen) atoms. The van der Waals surface area contributed by atoms with Gasteiger partial charge in [0, 0.05) is 16.3 Å². The molecule has 5 heteroatoms. The van der Waals surface area contributed by atoms with E-state index in [0.29, 0.717) is 26.4 Å². The number of rotatable bonds is 1. The van der Waals surface area contributed by atoms with E-state index in [1.807, 2.05) is 0 Å². The highest BCUT2D eigenvalue weighted by atomic mass is 79.9. The Hall–Kier alpha value is -0.740. The smallest absolute Gasteiger partial charge is 0.151 e. The Morgan fingerprint density at radius 3 is 2.75 bits per heavy atom. The molecule has 0 unspecified atom stereocenters. The van der Waals surface area contributed by atoms with E-state index >= 15 is 0 Å². The number of hydrogen-bond acceptors (Lipinski definition) is 2. The summed E-state index contributed by atoms with van der Waals surface area (Å²) in [5.74, 6) is 0.726. The van der Waals surface area contributed by atoms with E-state index in [0.717, 1.165) is 18.7 Å². The fourth-order valence-electron chi connectivity index (χ4n) is 1.66. The lowest BCUT2D eigenvalue weighted by atomic mass is 10.2. The number of nitrogens with zero attached hydrogens (tertiary/aromatic N) is 2. The van der Waals surface area contributed by atoms with Crippen molar-refractivity contribution < 1.29 is 4.39 Å². The van der Waals surface area contributed by atoms with Gasteiger partial charge in [-0.3, -0.25) is 0 Å². The summed E-state index contributed by atoms with van der Waals surface area (Å²) >= 11 is 9.13. The quantitative estimate of drug-likeness (QED) is 0.742. The van der Waals surface area contributed by atoms with E-state index in [9.17, 15) is 4.39 Å². The van der Waals surface area contributed by atoms with Gasteiger partial charge in [0.05, 0.1) is 0 Å². The molecule has 1 fully saturated rings. The molecule has 2 aromatic rings. The van der Waals surface area contributed by atoms with Gasteiger partial charge in [0.2, 0.25) is 0 Å². The third kappa shape index (κ3) is 1.70. The van der Waals surface area contributed by atoms with Crippen LogP contribution >= 0.6 is 27.5 Å². The first-order valence-electron chi connectivity index (χ1n) is 4.97. The molecule has 0 radical (unpaired) electrons. The molecular weight excluding hydrogens is 294 g/mol. The second-order valence-electron chi connectivity index (χ2n) is 3.93. The topological polar surface area (TPSA) is 25.8 Å². The largest absolute Gasteiger partial charge is 0.229 e. The van der Waals surface area contributed by atoms with Crippen molar-refractivity contribution in [2.24, 2.45) is 0 Å². The minimum atomic E-state index is -0.396. The summed E-state index contributed by atoms with van der Waals surface area (Å²) in [6.07, 6.45) is 2.18. The average Bonchev–Trinajstić information content (AvgIpc) is 3.02. The summed E-state index contributed by atoms with van der Waals surface area (Å²) in [7, 11) is 0. The second kappa shape index (κ2) is 3.64. The summed E-state index contributed by atoms with van der Waals surface area (Å²) < 4.78 is 14.3. The van der Waals surface area contributed by atoms with Gasteiger partial charge in [0.1, 0.15) is 15.9 Å². The van der Waals surface area contributed by atoms with E-state index in [2.05, 4.69) is 25.9 Å². The fraction of sp³-hybridized carbons (Fsp3) is 0.273. The Bertz CT molecular complexity index is 584. The molecule has 3 rings (SSSR count). The van der Waals surface area contributed by atoms with Gasteiger partial charge in [0.15, 0.2) is 5.82 Å². The van der Waals surface area contributed by atoms with Crippen LogP contribution in [-0.2, 0) is 0 Å². The maximum atomic E-state index is 13.7. The van der Waals surface area contributed by atoms with E-state index < -0.39 is 5.82 Å². The summed E-state index contributed by atoms with van der Waals surface area (Å²) in [4.78, 5) is 8.59. The van der Waals surface area contributed by atoms with E-state index in [-0.39, 0.29) is 0 Å². The van der Waals surface area contributed by atoms with Crippen LogP contribution in [0.5, 0.6) is 0 Å². The Morgan fingerprint density at radius 2 is 2.06 bits per heavy atom. The molecule has 82 valence electrons. The van der Waals surface area contributed by atoms with E-state index in [4.69, 9.17) is 11.6 Å². The highest BCUT2D eigenvalue weighted by Crippen LogP contribution is 2.39. The van der Waals surface area contributed by atoms with Crippen molar-refractivity contribution >= 4 is 38.4 Å². The first-order valence-corrected chi connectivity index (χ1v) is 6.14. The van der Waals surface area contributed by atoms with Crippen LogP contribution in [0, 0.1) is 5.82 Å². The predicted molar refractivity (Wildman–Crippen MR) is 64.2 cm³/mol. The van der Waals surface area contributed by atoms with Gasteiger partial charge in [-0.15, -0.1) is 0 Å². The standard InChI is InChI=1S/C11H7BrClFN2/c12-10-7-3-6(13)4-8(14)9(7)15-11(16-10)5-1-2-5/h3-5H,1-2H2. The van der Waals surface area contributed by atoms with Gasteiger partial charge in [-0.05, 0) is 40.9 Å². The van der Waals surface area contributed by atoms with Crippen LogP contribution in [0.3, 0.4) is 0 Å². The molecule has 0 atom stereocenters. The van der Waals surface area contributed by atoms with Crippen LogP contribution < -0.4 is 0 Å². The van der Waals surface area contributed by atoms with Crippen molar-refractivity contribution in [3.8, 4) is 0 Å². The number of benzene rings is 1. The maximum absolute atomic E-state index is 13.7. The van der Waals surface area contributed by atoms with Crippen molar-refractivity contribution in [3.05, 3.63) is 33.4 Å². The third-order valence-electron chi connectivity index (χ3n) is 2.63. The number of hydrogen-bond donors (Lipinski definition) is 0. The van der Waals surface area contributed by atoms with Crippen LogP contribution in [0.1, 0.15) is 24.6 Å². The molecule has 0 bridgehead atoms. The lowest BCUT2D eigenvalue weighted by Gasteiger charge is -2.05. The van der Waals surface area contributed by atoms with Crippen LogP contribution in [0.15, 0.2) is 16.7 Å². The SMILES string of the molecule is Fc1cc(Cl)cc2c(Br)nc(C3CC3)nc12. The van der Waals surface area contributed by atoms with Gasteiger partial charge in [0.25, 0.3) is 0 Å². The van der Waals surface area contributed by atoms with Crippen molar-refractivity contribution in [2.45, 2.75) is 18.8 Å². The molecule has 2 nitrogen and oxygen atoms in total. The summed E-state index contributed by atoms with van der Waals surface area (Å²) in [5.41, 5.74) is 0.341. The van der Waals surface area contributed by atoms with Gasteiger partial charge >= 0.3 is 0 Å². The van der Waals surface area contributed by atoms with Crippen molar-refractivity contribution in [1.82, 2.24) is 9.97 Å². The molecule has 1 heterocycles. The molecule has 1 saturated carbocycles. The fourth-order valence-corrected chi connectivity index (χ4v) is 2.35. The summed E-state index contributed by atoms with van der Waals surface area (Å²) in [6.45, 7) is 0. The van der Waals surface area contributed by atoms with Gasteiger partial charge < -0.3 is 0 Å². The van der Waals surface area contributed by atoms with Crippen molar-refractivity contribution in [2.75, 3.05) is 0 Å². The minimum absolute atomic E-state index is 0.341. The molecule has 0 saturated heterocycles. The van der Waals surface area contributed by atoms with Crippen LogP contribution in [0.25, 0.3) is 10.9 Å². The second-order valence-corrected chi connectivity index (χ2v) is 5.12. The lowest BCUT2D eigenvalue weighted by molar-refractivity contribution is 0.635. The van der Waals surface area contributed by atoms with Crippen molar-refractivity contribution in [1.29, 1.82) is 0 Å². The Morgan fingerprint density at radius 1 is 1.31 bits per heavy atom. The molecular formula is C11H7BrClFN2. The van der Waals surface area contributed by atoms with E-state index in [1.165, 1.54) is 6.07 Å². The predicted octanol–water partition coefficient (Wildman–Crippen LogP) is 4.06. The van der Waals surface area contributed by atoms with Crippen LogP contribution in [0.4, 0.5) is 4.39 Å². The summed E-state index contributed by atoms with van der Waals surface area (Å²) in [5, 5.41) is 0.975. The van der Waals surface area contributed by atoms with Gasteiger partial charge in [-0.2, -0.15) is 0 Å².